The van der Waals surface area contributed by atoms with Crippen molar-refractivity contribution in [3.05, 3.63) is 29.0 Å². The van der Waals surface area contributed by atoms with Gasteiger partial charge < -0.3 is 5.32 Å². The molecular weight excluding hydrogens is 317 g/mol. The van der Waals surface area contributed by atoms with Gasteiger partial charge in [0.15, 0.2) is 0 Å². The van der Waals surface area contributed by atoms with Crippen LogP contribution in [0.25, 0.3) is 0 Å². The van der Waals surface area contributed by atoms with E-state index in [0.29, 0.717) is 13.1 Å². The molecule has 1 heterocycles. The lowest BCUT2D eigenvalue weighted by Gasteiger charge is -2.28. The quantitative estimate of drug-likeness (QED) is 0.872. The molecule has 1 aromatic carbocycles. The number of rotatable bonds is 5. The Bertz CT molecular complexity index is 591. The molecule has 0 bridgehead atoms. The van der Waals surface area contributed by atoms with E-state index < -0.39 is 15.8 Å². The van der Waals surface area contributed by atoms with Crippen LogP contribution in [0.15, 0.2) is 23.1 Å². The molecule has 0 atom stereocenters. The van der Waals surface area contributed by atoms with Gasteiger partial charge in [-0.15, -0.1) is 0 Å². The molecule has 1 aliphatic heterocycles. The SMILES string of the molecule is CN(CCN1CCNCC1)S(=O)(=O)c1cc(F)ccc1Cl. The third-order valence-corrected chi connectivity index (χ3v) is 5.86. The van der Waals surface area contributed by atoms with Crippen LogP contribution in [0.3, 0.4) is 0 Å². The number of benzene rings is 1. The summed E-state index contributed by atoms with van der Waals surface area (Å²) in [6, 6.07) is 3.36. The average molecular weight is 336 g/mol. The molecule has 1 aromatic rings. The van der Waals surface area contributed by atoms with Gasteiger partial charge in [0, 0.05) is 46.3 Å². The molecule has 118 valence electrons. The second kappa shape index (κ2) is 7.02. The number of nitrogens with one attached hydrogen (secondary N) is 1. The first-order chi connectivity index (χ1) is 9.91. The first-order valence-corrected chi connectivity index (χ1v) is 8.57. The Hall–Kier alpha value is -0.730. The number of nitrogens with zero attached hydrogens (tertiary/aromatic N) is 2. The highest BCUT2D eigenvalue weighted by molar-refractivity contribution is 7.89. The average Bonchev–Trinajstić information content (AvgIpc) is 2.48. The molecule has 0 spiro atoms. The van der Waals surface area contributed by atoms with E-state index in [1.165, 1.54) is 17.4 Å². The van der Waals surface area contributed by atoms with E-state index in [1.54, 1.807) is 0 Å². The molecule has 1 N–H and O–H groups in total. The lowest BCUT2D eigenvalue weighted by Crippen LogP contribution is -2.46. The van der Waals surface area contributed by atoms with Crippen molar-refractivity contribution in [2.75, 3.05) is 46.3 Å². The van der Waals surface area contributed by atoms with Gasteiger partial charge in [-0.2, -0.15) is 4.31 Å². The van der Waals surface area contributed by atoms with Gasteiger partial charge in [-0.25, -0.2) is 12.8 Å². The second-order valence-electron chi connectivity index (χ2n) is 4.99. The Morgan fingerprint density at radius 1 is 1.38 bits per heavy atom. The van der Waals surface area contributed by atoms with Gasteiger partial charge in [-0.1, -0.05) is 11.6 Å². The topological polar surface area (TPSA) is 52.6 Å². The molecular formula is C13H19ClFN3O2S. The van der Waals surface area contributed by atoms with Crippen molar-refractivity contribution >= 4 is 21.6 Å². The zero-order chi connectivity index (χ0) is 15.5. The minimum Gasteiger partial charge on any atom is -0.314 e. The summed E-state index contributed by atoms with van der Waals surface area (Å²) in [6.45, 7) is 4.60. The van der Waals surface area contributed by atoms with Gasteiger partial charge in [-0.3, -0.25) is 4.90 Å². The first-order valence-electron chi connectivity index (χ1n) is 6.76. The Balaban J connectivity index is 2.05. The van der Waals surface area contributed by atoms with Crippen LogP contribution < -0.4 is 5.32 Å². The summed E-state index contributed by atoms with van der Waals surface area (Å²) < 4.78 is 39.3. The summed E-state index contributed by atoms with van der Waals surface area (Å²) in [7, 11) is -2.29. The van der Waals surface area contributed by atoms with Gasteiger partial charge in [0.2, 0.25) is 10.0 Å². The van der Waals surface area contributed by atoms with Crippen LogP contribution in [-0.4, -0.2) is 63.9 Å². The van der Waals surface area contributed by atoms with E-state index in [0.717, 1.165) is 38.3 Å². The van der Waals surface area contributed by atoms with Crippen LogP contribution in [0.5, 0.6) is 0 Å². The van der Waals surface area contributed by atoms with Gasteiger partial charge in [0.25, 0.3) is 0 Å². The fraction of sp³-hybridized carbons (Fsp3) is 0.538. The van der Waals surface area contributed by atoms with Crippen LogP contribution in [0.1, 0.15) is 0 Å². The largest absolute Gasteiger partial charge is 0.314 e. The molecule has 0 saturated carbocycles. The fourth-order valence-corrected chi connectivity index (χ4v) is 3.82. The number of sulfonamides is 1. The maximum Gasteiger partial charge on any atom is 0.244 e. The standard InChI is InChI=1S/C13H19ClFN3O2S/c1-17(8-9-18-6-4-16-5-7-18)21(19,20)13-10-11(15)2-3-12(13)14/h2-3,10,16H,4-9H2,1H3. The maximum absolute atomic E-state index is 13.3. The molecule has 0 unspecified atom stereocenters. The van der Waals surface area contributed by atoms with Crippen molar-refractivity contribution in [3.8, 4) is 0 Å². The van der Waals surface area contributed by atoms with E-state index >= 15 is 0 Å². The first kappa shape index (κ1) is 16.6. The molecule has 1 fully saturated rings. The Morgan fingerprint density at radius 3 is 2.71 bits per heavy atom. The summed E-state index contributed by atoms with van der Waals surface area (Å²) in [5.41, 5.74) is 0. The highest BCUT2D eigenvalue weighted by Crippen LogP contribution is 2.24. The van der Waals surface area contributed by atoms with E-state index in [4.69, 9.17) is 11.6 Å². The highest BCUT2D eigenvalue weighted by atomic mass is 35.5. The molecule has 1 aliphatic rings. The van der Waals surface area contributed by atoms with E-state index in [9.17, 15) is 12.8 Å². The van der Waals surface area contributed by atoms with E-state index in [2.05, 4.69) is 10.2 Å². The monoisotopic (exact) mass is 335 g/mol. The van der Waals surface area contributed by atoms with Crippen molar-refractivity contribution in [1.82, 2.24) is 14.5 Å². The van der Waals surface area contributed by atoms with Crippen molar-refractivity contribution < 1.29 is 12.8 Å². The highest BCUT2D eigenvalue weighted by Gasteiger charge is 2.24. The summed E-state index contributed by atoms with van der Waals surface area (Å²) in [4.78, 5) is 2.00. The lowest BCUT2D eigenvalue weighted by atomic mass is 10.3. The Labute approximate surface area is 129 Å². The van der Waals surface area contributed by atoms with Crippen LogP contribution in [0.4, 0.5) is 4.39 Å². The van der Waals surface area contributed by atoms with Crippen molar-refractivity contribution in [1.29, 1.82) is 0 Å². The Kier molecular flexibility index (Phi) is 5.56. The zero-order valence-electron chi connectivity index (χ0n) is 11.8. The predicted molar refractivity (Wildman–Crippen MR) is 80.5 cm³/mol. The van der Waals surface area contributed by atoms with E-state index in [1.807, 2.05) is 0 Å². The molecule has 8 heteroatoms. The zero-order valence-corrected chi connectivity index (χ0v) is 13.4. The molecule has 21 heavy (non-hydrogen) atoms. The number of piperazine rings is 1. The van der Waals surface area contributed by atoms with Crippen LogP contribution in [-0.2, 0) is 10.0 Å². The normalized spacial score (nSPS) is 17.3. The van der Waals surface area contributed by atoms with Crippen LogP contribution >= 0.6 is 11.6 Å². The molecule has 0 amide bonds. The van der Waals surface area contributed by atoms with Gasteiger partial charge in [0.05, 0.1) is 5.02 Å². The van der Waals surface area contributed by atoms with Gasteiger partial charge in [-0.05, 0) is 18.2 Å². The Morgan fingerprint density at radius 2 is 2.05 bits per heavy atom. The minimum atomic E-state index is -3.77. The number of likely N-dealkylation sites (N-methyl/N-ethyl adjacent to an activating group) is 1. The third-order valence-electron chi connectivity index (χ3n) is 3.52. The smallest absolute Gasteiger partial charge is 0.244 e. The molecule has 0 aliphatic carbocycles. The lowest BCUT2D eigenvalue weighted by molar-refractivity contribution is 0.229. The van der Waals surface area contributed by atoms with Crippen molar-refractivity contribution in [2.24, 2.45) is 0 Å². The van der Waals surface area contributed by atoms with Crippen LogP contribution in [0.2, 0.25) is 5.02 Å². The summed E-state index contributed by atoms with van der Waals surface area (Å²) in [6.07, 6.45) is 0. The second-order valence-corrected chi connectivity index (χ2v) is 7.41. The fourth-order valence-electron chi connectivity index (χ4n) is 2.18. The van der Waals surface area contributed by atoms with Crippen molar-refractivity contribution in [3.63, 3.8) is 0 Å². The maximum atomic E-state index is 13.3. The number of halogens is 2. The minimum absolute atomic E-state index is 0.0328. The summed E-state index contributed by atoms with van der Waals surface area (Å²) >= 11 is 5.88. The van der Waals surface area contributed by atoms with Crippen molar-refractivity contribution in [2.45, 2.75) is 4.90 Å². The van der Waals surface area contributed by atoms with Crippen LogP contribution in [0, 0.1) is 5.82 Å². The molecule has 2 rings (SSSR count). The van der Waals surface area contributed by atoms with Gasteiger partial charge >= 0.3 is 0 Å². The predicted octanol–water partition coefficient (Wildman–Crippen LogP) is 1.00. The number of hydrogen-bond acceptors (Lipinski definition) is 4. The summed E-state index contributed by atoms with van der Waals surface area (Å²) in [5.74, 6) is -0.617. The van der Waals surface area contributed by atoms with E-state index in [-0.39, 0.29) is 9.92 Å². The van der Waals surface area contributed by atoms with Gasteiger partial charge in [0.1, 0.15) is 10.7 Å². The molecule has 1 saturated heterocycles. The molecule has 0 aromatic heterocycles. The number of hydrogen-bond donors (Lipinski definition) is 1. The molecule has 5 nitrogen and oxygen atoms in total. The summed E-state index contributed by atoms with van der Waals surface area (Å²) in [5, 5.41) is 3.27. The molecule has 0 radical (unpaired) electrons. The third kappa shape index (κ3) is 4.14.